The number of phenolic OH excluding ortho intramolecular Hbond substituents is 1. The number of likely N-dealkylation sites (tertiary alicyclic amines) is 1. The maximum Gasteiger partial charge on any atom is 0.233 e. The Morgan fingerprint density at radius 3 is 2.58 bits per heavy atom. The summed E-state index contributed by atoms with van der Waals surface area (Å²) in [5.41, 5.74) is 4.30. The minimum atomic E-state index is -0.365. The lowest BCUT2D eigenvalue weighted by Crippen LogP contribution is -2.35. The van der Waals surface area contributed by atoms with Crippen molar-refractivity contribution in [1.29, 1.82) is 0 Å². The molecule has 2 aromatic carbocycles. The summed E-state index contributed by atoms with van der Waals surface area (Å²) in [6, 6.07) is 11.6. The van der Waals surface area contributed by atoms with Gasteiger partial charge in [-0.3, -0.25) is 14.5 Å². The maximum atomic E-state index is 13.2. The minimum absolute atomic E-state index is 0.0658. The molecule has 2 fully saturated rings. The summed E-state index contributed by atoms with van der Waals surface area (Å²) < 4.78 is 6.24. The molecule has 2 N–H and O–H groups in total. The topological polar surface area (TPSA) is 87.1 Å². The third kappa shape index (κ3) is 4.16. The van der Waals surface area contributed by atoms with E-state index in [0.717, 1.165) is 53.2 Å². The number of aliphatic hydroxyl groups is 1. The van der Waals surface area contributed by atoms with Crippen molar-refractivity contribution in [3.63, 3.8) is 0 Å². The summed E-state index contributed by atoms with van der Waals surface area (Å²) in [5.74, 6) is -0.714. The molecule has 0 saturated carbocycles. The second-order valence-electron chi connectivity index (χ2n) is 10.2. The van der Waals surface area contributed by atoms with E-state index in [9.17, 15) is 19.8 Å². The number of benzene rings is 2. The summed E-state index contributed by atoms with van der Waals surface area (Å²) in [4.78, 5) is 27.5. The molecule has 2 heterocycles. The second kappa shape index (κ2) is 10.2. The molecular weight excluding hydrogens is 454 g/mol. The van der Waals surface area contributed by atoms with Gasteiger partial charge >= 0.3 is 0 Å². The molecular formula is C30H35NO5. The van der Waals surface area contributed by atoms with Crippen LogP contribution in [0.3, 0.4) is 0 Å². The Labute approximate surface area is 212 Å². The van der Waals surface area contributed by atoms with Crippen LogP contribution in [-0.2, 0) is 14.3 Å². The molecule has 2 aliphatic heterocycles. The Balaban J connectivity index is 1.37. The number of aliphatic hydroxyl groups excluding tert-OH is 1. The molecule has 6 heteroatoms. The number of hydrogen-bond acceptors (Lipinski definition) is 5. The monoisotopic (exact) mass is 489 g/mol. The third-order valence-electron chi connectivity index (χ3n) is 8.21. The van der Waals surface area contributed by atoms with Gasteiger partial charge in [-0.05, 0) is 60.3 Å². The van der Waals surface area contributed by atoms with Gasteiger partial charge in [0.15, 0.2) is 0 Å². The van der Waals surface area contributed by atoms with Crippen LogP contribution in [0.1, 0.15) is 51.5 Å². The molecule has 3 aliphatic rings. The molecule has 1 aliphatic carbocycles. The van der Waals surface area contributed by atoms with Crippen molar-refractivity contribution in [3.05, 3.63) is 58.7 Å². The number of nitrogens with zero attached hydrogens (tertiary/aromatic N) is 1. The van der Waals surface area contributed by atoms with Crippen molar-refractivity contribution < 1.29 is 24.5 Å². The molecule has 2 saturated heterocycles. The van der Waals surface area contributed by atoms with Crippen molar-refractivity contribution in [2.75, 3.05) is 19.8 Å². The number of imide groups is 1. The zero-order valence-corrected chi connectivity index (χ0v) is 21.1. The van der Waals surface area contributed by atoms with Gasteiger partial charge in [0, 0.05) is 17.8 Å². The number of ether oxygens (including phenoxy) is 1. The number of fused-ring (bicyclic) bond motifs is 4. The lowest BCUT2D eigenvalue weighted by Gasteiger charge is -2.31. The number of amides is 2. The second-order valence-corrected chi connectivity index (χ2v) is 10.2. The van der Waals surface area contributed by atoms with Gasteiger partial charge in [0.1, 0.15) is 5.75 Å². The Bertz CT molecular complexity index is 1250. The van der Waals surface area contributed by atoms with Gasteiger partial charge in [0.2, 0.25) is 11.8 Å². The van der Waals surface area contributed by atoms with Gasteiger partial charge in [0.25, 0.3) is 0 Å². The predicted molar refractivity (Wildman–Crippen MR) is 139 cm³/mol. The molecule has 0 bridgehead atoms. The molecule has 6 nitrogen and oxygen atoms in total. The number of hydrogen-bond donors (Lipinski definition) is 2. The highest BCUT2D eigenvalue weighted by atomic mass is 16.5. The van der Waals surface area contributed by atoms with E-state index in [1.54, 1.807) is 6.07 Å². The number of aromatic hydroxyl groups is 1. The largest absolute Gasteiger partial charge is 0.507 e. The summed E-state index contributed by atoms with van der Waals surface area (Å²) in [7, 11) is 0. The summed E-state index contributed by atoms with van der Waals surface area (Å²) in [5, 5.41) is 22.3. The zero-order valence-electron chi connectivity index (χ0n) is 21.1. The summed E-state index contributed by atoms with van der Waals surface area (Å²) in [6.07, 6.45) is 5.74. The van der Waals surface area contributed by atoms with Crippen LogP contribution in [0, 0.1) is 17.8 Å². The molecule has 5 rings (SSSR count). The van der Waals surface area contributed by atoms with Crippen LogP contribution >= 0.6 is 0 Å². The average Bonchev–Trinajstić information content (AvgIpc) is 3.42. The molecule has 4 atom stereocenters. The van der Waals surface area contributed by atoms with E-state index >= 15 is 0 Å². The van der Waals surface area contributed by atoms with Crippen LogP contribution < -0.4 is 0 Å². The molecule has 0 unspecified atom stereocenters. The molecule has 0 aromatic heterocycles. The molecule has 0 radical (unpaired) electrons. The van der Waals surface area contributed by atoms with Gasteiger partial charge in [0.05, 0.1) is 31.2 Å². The number of allylic oxidation sites excluding steroid dienone is 1. The van der Waals surface area contributed by atoms with Crippen LogP contribution in [0.25, 0.3) is 16.8 Å². The van der Waals surface area contributed by atoms with Gasteiger partial charge in [-0.1, -0.05) is 55.8 Å². The first-order valence-corrected chi connectivity index (χ1v) is 13.2. The minimum Gasteiger partial charge on any atom is -0.507 e. The highest BCUT2D eigenvalue weighted by molar-refractivity contribution is 6.06. The Morgan fingerprint density at radius 2 is 1.86 bits per heavy atom. The fourth-order valence-electron chi connectivity index (χ4n) is 6.45. The number of rotatable bonds is 8. The van der Waals surface area contributed by atoms with E-state index in [2.05, 4.69) is 13.0 Å². The van der Waals surface area contributed by atoms with E-state index in [1.165, 1.54) is 10.5 Å². The first kappa shape index (κ1) is 24.7. The van der Waals surface area contributed by atoms with E-state index in [1.807, 2.05) is 37.3 Å². The van der Waals surface area contributed by atoms with Gasteiger partial charge < -0.3 is 14.9 Å². The van der Waals surface area contributed by atoms with Crippen LogP contribution in [0.15, 0.2) is 53.1 Å². The Hall–Kier alpha value is -2.96. The summed E-state index contributed by atoms with van der Waals surface area (Å²) >= 11 is 0. The number of phenols is 1. The van der Waals surface area contributed by atoms with Gasteiger partial charge in [-0.2, -0.15) is 0 Å². The van der Waals surface area contributed by atoms with Crippen LogP contribution in [0.5, 0.6) is 5.75 Å². The standard InChI is InChI=1S/C30H35NO5/c1-3-13-31-29(34)23-15-20(16-32)27-24(28(23)30(31)35)17-36-26(27)12-9-18(4-2)14-19-10-11-25(33)22-8-6-5-7-21(19)22/h5-8,10-11,14,23-24,26,28,32-33H,3-4,9,12-13,15-17H2,1-2H3/b18-14+/t23-,24+,26-,28-/m1/s1. The molecule has 36 heavy (non-hydrogen) atoms. The smallest absolute Gasteiger partial charge is 0.233 e. The fraction of sp³-hybridized carbons (Fsp3) is 0.467. The molecule has 0 spiro atoms. The van der Waals surface area contributed by atoms with Crippen molar-refractivity contribution in [2.45, 2.75) is 52.1 Å². The highest BCUT2D eigenvalue weighted by Gasteiger charge is 2.56. The first-order valence-electron chi connectivity index (χ1n) is 13.2. The first-order chi connectivity index (χ1) is 17.5. The van der Waals surface area contributed by atoms with Gasteiger partial charge in [-0.25, -0.2) is 0 Å². The molecule has 2 aromatic rings. The Morgan fingerprint density at radius 1 is 1.08 bits per heavy atom. The average molecular weight is 490 g/mol. The van der Waals surface area contributed by atoms with Crippen LogP contribution in [0.4, 0.5) is 0 Å². The SMILES string of the molecule is CCCN1C(=O)[C@@H]2[C@@H](CC(CO)=C3[C@@H](CC/C(=C/c4ccc(O)c5ccccc45)CC)OC[C@@H]32)C1=O. The Kier molecular flexibility index (Phi) is 7.00. The zero-order chi connectivity index (χ0) is 25.4. The van der Waals surface area contributed by atoms with E-state index < -0.39 is 0 Å². The number of carbonyl (C=O) groups excluding carboxylic acids is 2. The van der Waals surface area contributed by atoms with Crippen LogP contribution in [0.2, 0.25) is 0 Å². The lowest BCUT2D eigenvalue weighted by molar-refractivity contribution is -0.140. The maximum absolute atomic E-state index is 13.2. The van der Waals surface area contributed by atoms with E-state index in [-0.39, 0.29) is 48.0 Å². The number of carbonyl (C=O) groups is 2. The molecule has 2 amide bonds. The van der Waals surface area contributed by atoms with E-state index in [0.29, 0.717) is 19.6 Å². The third-order valence-corrected chi connectivity index (χ3v) is 8.21. The van der Waals surface area contributed by atoms with Crippen molar-refractivity contribution in [3.8, 4) is 5.75 Å². The predicted octanol–water partition coefficient (Wildman–Crippen LogP) is 4.84. The van der Waals surface area contributed by atoms with Gasteiger partial charge in [-0.15, -0.1) is 0 Å². The van der Waals surface area contributed by atoms with Crippen LogP contribution in [-0.4, -0.2) is 52.8 Å². The van der Waals surface area contributed by atoms with Crippen molar-refractivity contribution >= 4 is 28.7 Å². The quantitative estimate of drug-likeness (QED) is 0.409. The molecule has 190 valence electrons. The lowest BCUT2D eigenvalue weighted by atomic mass is 9.69. The van der Waals surface area contributed by atoms with Crippen molar-refractivity contribution in [2.24, 2.45) is 17.8 Å². The van der Waals surface area contributed by atoms with Crippen molar-refractivity contribution in [1.82, 2.24) is 4.90 Å². The fourth-order valence-corrected chi connectivity index (χ4v) is 6.45. The normalized spacial score (nSPS) is 26.2. The highest BCUT2D eigenvalue weighted by Crippen LogP contribution is 2.49. The van der Waals surface area contributed by atoms with E-state index in [4.69, 9.17) is 4.74 Å². The summed E-state index contributed by atoms with van der Waals surface area (Å²) in [6.45, 7) is 4.90.